The Morgan fingerprint density at radius 2 is 0.980 bits per heavy atom. The third-order valence-corrected chi connectivity index (χ3v) is 11.6. The Morgan fingerprint density at radius 1 is 0.420 bits per heavy atom. The first kappa shape index (κ1) is 31.9. The van der Waals surface area contributed by atoms with Crippen LogP contribution in [0.3, 0.4) is 0 Å². The molecule has 0 bridgehead atoms. The van der Waals surface area contributed by atoms with Crippen LogP contribution in [0.2, 0.25) is 0 Å². The molecule has 7 aromatic carbocycles. The van der Waals surface area contributed by atoms with Crippen molar-refractivity contribution >= 4 is 31.5 Å². The van der Waals surface area contributed by atoms with Gasteiger partial charge in [0.1, 0.15) is 0 Å². The first-order chi connectivity index (χ1) is 24.3. The highest BCUT2D eigenvalue weighted by molar-refractivity contribution is 7.25. The van der Waals surface area contributed by atoms with E-state index in [0.717, 1.165) is 12.0 Å². The average molecular weight is 662 g/mol. The molecule has 8 aromatic rings. The van der Waals surface area contributed by atoms with Gasteiger partial charge in [-0.05, 0) is 114 Å². The van der Waals surface area contributed by atoms with E-state index in [1.807, 2.05) is 11.3 Å². The molecule has 0 radical (unpaired) electrons. The predicted octanol–water partition coefficient (Wildman–Crippen LogP) is 14.4. The summed E-state index contributed by atoms with van der Waals surface area (Å²) in [4.78, 5) is 0. The van der Waals surface area contributed by atoms with Gasteiger partial charge >= 0.3 is 0 Å². The van der Waals surface area contributed by atoms with Crippen molar-refractivity contribution < 1.29 is 0 Å². The molecular weight excluding hydrogens is 621 g/mol. The Labute approximate surface area is 300 Å². The highest BCUT2D eigenvalue weighted by Crippen LogP contribution is 2.40. The molecule has 0 saturated heterocycles. The van der Waals surface area contributed by atoms with Gasteiger partial charge in [-0.3, -0.25) is 0 Å². The SMILES string of the molecule is [CH2-]c1cc(-c2ccc(C)c(-c3ccc(-c4ccccc4C)c(CC)c3)c2)c(C)cc1-c1ccc(C)c(-c2ccc3c(c2)sc2ccccc23)c1. The highest BCUT2D eigenvalue weighted by Gasteiger charge is 2.13. The maximum absolute atomic E-state index is 4.58. The van der Waals surface area contributed by atoms with Crippen LogP contribution in [0.5, 0.6) is 0 Å². The van der Waals surface area contributed by atoms with E-state index in [1.165, 1.54) is 104 Å². The fraction of sp³-hybridized carbons (Fsp3) is 0.122. The van der Waals surface area contributed by atoms with Crippen LogP contribution in [-0.2, 0) is 6.42 Å². The lowest BCUT2D eigenvalue weighted by Crippen LogP contribution is -1.94. The molecule has 1 aromatic heterocycles. The van der Waals surface area contributed by atoms with Gasteiger partial charge < -0.3 is 0 Å². The van der Waals surface area contributed by atoms with Crippen LogP contribution in [0.4, 0.5) is 0 Å². The first-order valence-corrected chi connectivity index (χ1v) is 18.4. The largest absolute Gasteiger partial charge is 0.198 e. The maximum Gasteiger partial charge on any atom is 0.0361 e. The van der Waals surface area contributed by atoms with Gasteiger partial charge in [0, 0.05) is 20.2 Å². The zero-order chi connectivity index (χ0) is 34.5. The summed E-state index contributed by atoms with van der Waals surface area (Å²) in [5, 5.41) is 2.67. The highest BCUT2D eigenvalue weighted by atomic mass is 32.1. The minimum atomic E-state index is 0.988. The minimum Gasteiger partial charge on any atom is -0.198 e. The van der Waals surface area contributed by atoms with E-state index in [9.17, 15) is 0 Å². The Kier molecular flexibility index (Phi) is 8.17. The van der Waals surface area contributed by atoms with E-state index in [2.05, 4.69) is 175 Å². The summed E-state index contributed by atoms with van der Waals surface area (Å²) in [6.07, 6.45) is 0.988. The molecule has 0 amide bonds. The number of fused-ring (bicyclic) bond motifs is 3. The lowest BCUT2D eigenvalue weighted by molar-refractivity contribution is 1.14. The van der Waals surface area contributed by atoms with E-state index in [0.29, 0.717) is 0 Å². The average Bonchev–Trinajstić information content (AvgIpc) is 3.51. The summed E-state index contributed by atoms with van der Waals surface area (Å²) < 4.78 is 2.67. The van der Waals surface area contributed by atoms with E-state index < -0.39 is 0 Å². The van der Waals surface area contributed by atoms with Gasteiger partial charge in [0.15, 0.2) is 0 Å². The molecule has 0 N–H and O–H groups in total. The molecule has 0 spiro atoms. The summed E-state index contributed by atoms with van der Waals surface area (Å²) in [5.41, 5.74) is 20.1. The number of rotatable bonds is 6. The molecule has 244 valence electrons. The van der Waals surface area contributed by atoms with Crippen LogP contribution in [0, 0.1) is 34.6 Å². The smallest absolute Gasteiger partial charge is 0.0361 e. The third-order valence-electron chi connectivity index (χ3n) is 10.5. The molecule has 8 rings (SSSR count). The first-order valence-electron chi connectivity index (χ1n) is 17.6. The minimum absolute atomic E-state index is 0.988. The number of benzene rings is 7. The Balaban J connectivity index is 1.15. The monoisotopic (exact) mass is 661 g/mol. The molecule has 0 aliphatic heterocycles. The summed E-state index contributed by atoms with van der Waals surface area (Å²) in [5.74, 6) is 0. The fourth-order valence-corrected chi connectivity index (χ4v) is 8.76. The lowest BCUT2D eigenvalue weighted by atomic mass is 9.87. The van der Waals surface area contributed by atoms with Gasteiger partial charge in [0.05, 0.1) is 0 Å². The Bertz CT molecular complexity index is 2580. The van der Waals surface area contributed by atoms with Crippen molar-refractivity contribution in [2.24, 2.45) is 0 Å². The molecule has 1 heteroatoms. The molecule has 1 heterocycles. The van der Waals surface area contributed by atoms with Crippen molar-refractivity contribution in [2.75, 3.05) is 0 Å². The van der Waals surface area contributed by atoms with Gasteiger partial charge in [0.2, 0.25) is 0 Å². The molecule has 0 nitrogen and oxygen atoms in total. The lowest BCUT2D eigenvalue weighted by Gasteiger charge is -2.22. The summed E-state index contributed by atoms with van der Waals surface area (Å²) >= 11 is 1.87. The standard InChI is InChI=1S/C49H41S/c1-7-35-26-36(20-22-41(35)40-13-9-8-12-30(40)2)46-27-37(18-16-31(46)3)44-24-34(6)45(25-33(44)5)38-19-17-32(4)47(28-38)39-21-23-43-42-14-10-11-15-48(42)50-49(43)29-39/h8-29H,6-7H2,1-5H3/q-1. The van der Waals surface area contributed by atoms with Gasteiger partial charge in [-0.1, -0.05) is 127 Å². The van der Waals surface area contributed by atoms with Gasteiger partial charge in [-0.15, -0.1) is 23.0 Å². The van der Waals surface area contributed by atoms with Gasteiger partial charge in [0.25, 0.3) is 0 Å². The Morgan fingerprint density at radius 3 is 1.72 bits per heavy atom. The van der Waals surface area contributed by atoms with Crippen molar-refractivity contribution in [3.63, 3.8) is 0 Å². The molecule has 0 aliphatic carbocycles. The summed E-state index contributed by atoms with van der Waals surface area (Å²) in [7, 11) is 0. The number of thiophene rings is 1. The summed E-state index contributed by atoms with van der Waals surface area (Å²) in [6.45, 7) is 15.7. The summed E-state index contributed by atoms with van der Waals surface area (Å²) in [6, 6.07) is 49.7. The van der Waals surface area contributed by atoms with E-state index in [1.54, 1.807) is 0 Å². The van der Waals surface area contributed by atoms with Crippen LogP contribution < -0.4 is 0 Å². The zero-order valence-electron chi connectivity index (χ0n) is 29.5. The molecule has 0 atom stereocenters. The number of aryl methyl sites for hydroxylation is 5. The van der Waals surface area contributed by atoms with E-state index >= 15 is 0 Å². The second-order valence-electron chi connectivity index (χ2n) is 13.7. The Hall–Kier alpha value is -5.37. The van der Waals surface area contributed by atoms with Crippen LogP contribution in [0.15, 0.2) is 133 Å². The van der Waals surface area contributed by atoms with Crippen molar-refractivity contribution in [3.05, 3.63) is 174 Å². The van der Waals surface area contributed by atoms with Crippen molar-refractivity contribution in [2.45, 2.75) is 41.0 Å². The normalized spacial score (nSPS) is 11.5. The maximum atomic E-state index is 4.58. The fourth-order valence-electron chi connectivity index (χ4n) is 7.62. The predicted molar refractivity (Wildman–Crippen MR) is 219 cm³/mol. The quantitative estimate of drug-likeness (QED) is 0.156. The second-order valence-corrected chi connectivity index (χ2v) is 14.8. The number of hydrogen-bond acceptors (Lipinski definition) is 1. The van der Waals surface area contributed by atoms with Crippen LogP contribution in [-0.4, -0.2) is 0 Å². The molecule has 0 saturated carbocycles. The zero-order valence-corrected chi connectivity index (χ0v) is 30.3. The van der Waals surface area contributed by atoms with Crippen LogP contribution >= 0.6 is 11.3 Å². The van der Waals surface area contributed by atoms with E-state index in [-0.39, 0.29) is 0 Å². The molecule has 0 fully saturated rings. The number of hydrogen-bond donors (Lipinski definition) is 0. The van der Waals surface area contributed by atoms with Gasteiger partial charge in [-0.25, -0.2) is 0 Å². The third kappa shape index (κ3) is 5.62. The van der Waals surface area contributed by atoms with E-state index in [4.69, 9.17) is 0 Å². The van der Waals surface area contributed by atoms with Crippen LogP contribution in [0.1, 0.15) is 40.3 Å². The van der Waals surface area contributed by atoms with Crippen molar-refractivity contribution in [1.82, 2.24) is 0 Å². The second kappa shape index (κ2) is 12.8. The topological polar surface area (TPSA) is 0 Å². The van der Waals surface area contributed by atoms with Crippen molar-refractivity contribution in [3.8, 4) is 55.6 Å². The van der Waals surface area contributed by atoms with Crippen molar-refractivity contribution in [1.29, 1.82) is 0 Å². The van der Waals surface area contributed by atoms with Gasteiger partial charge in [-0.2, -0.15) is 18.6 Å². The molecular formula is C49H41S-. The van der Waals surface area contributed by atoms with Crippen LogP contribution in [0.25, 0.3) is 75.8 Å². The molecule has 50 heavy (non-hydrogen) atoms. The molecule has 0 unspecified atom stereocenters. The molecule has 0 aliphatic rings.